The van der Waals surface area contributed by atoms with E-state index in [1.54, 1.807) is 6.07 Å². The summed E-state index contributed by atoms with van der Waals surface area (Å²) in [7, 11) is 0. The molecule has 0 aliphatic carbocycles. The molecule has 2 aromatic rings. The smallest absolute Gasteiger partial charge is 0.123 e. The van der Waals surface area contributed by atoms with Gasteiger partial charge >= 0.3 is 0 Å². The van der Waals surface area contributed by atoms with Crippen molar-refractivity contribution in [2.24, 2.45) is 0 Å². The molecule has 2 aromatic carbocycles. The van der Waals surface area contributed by atoms with Gasteiger partial charge in [0.15, 0.2) is 0 Å². The summed E-state index contributed by atoms with van der Waals surface area (Å²) in [6.45, 7) is 6.08. The van der Waals surface area contributed by atoms with Crippen LogP contribution in [0.25, 0.3) is 0 Å². The van der Waals surface area contributed by atoms with Crippen LogP contribution in [0.1, 0.15) is 33.9 Å². The summed E-state index contributed by atoms with van der Waals surface area (Å²) in [5, 5.41) is 10.4. The third-order valence-corrected chi connectivity index (χ3v) is 4.44. The Balaban J connectivity index is 2.30. The Morgan fingerprint density at radius 3 is 2.40 bits per heavy atom. The first-order chi connectivity index (χ1) is 9.38. The van der Waals surface area contributed by atoms with E-state index in [1.165, 1.54) is 17.7 Å². The van der Waals surface area contributed by atoms with E-state index in [0.717, 1.165) is 26.7 Å². The first-order valence-corrected chi connectivity index (χ1v) is 7.37. The number of aryl methyl sites for hydroxylation is 3. The average Bonchev–Trinajstić information content (AvgIpc) is 2.38. The fourth-order valence-corrected chi connectivity index (χ4v) is 2.77. The van der Waals surface area contributed by atoms with E-state index in [2.05, 4.69) is 28.9 Å². The Morgan fingerprint density at radius 2 is 1.70 bits per heavy atom. The summed E-state index contributed by atoms with van der Waals surface area (Å²) in [5.74, 6) is -0.285. The van der Waals surface area contributed by atoms with Gasteiger partial charge in [-0.1, -0.05) is 28.1 Å². The number of benzene rings is 2. The van der Waals surface area contributed by atoms with E-state index in [0.29, 0.717) is 6.42 Å². The fraction of sp³-hybridized carbons (Fsp3) is 0.294. The van der Waals surface area contributed by atoms with Crippen LogP contribution in [-0.4, -0.2) is 5.11 Å². The number of rotatable bonds is 3. The topological polar surface area (TPSA) is 20.2 Å². The summed E-state index contributed by atoms with van der Waals surface area (Å²) in [6, 6.07) is 8.63. The number of hydrogen-bond donors (Lipinski definition) is 1. The van der Waals surface area contributed by atoms with Gasteiger partial charge in [0.05, 0.1) is 6.10 Å². The molecule has 2 rings (SSSR count). The van der Waals surface area contributed by atoms with Gasteiger partial charge in [0.25, 0.3) is 0 Å². The zero-order valence-corrected chi connectivity index (χ0v) is 13.5. The Bertz CT molecular complexity index is 637. The Labute approximate surface area is 127 Å². The summed E-state index contributed by atoms with van der Waals surface area (Å²) in [5.41, 5.74) is 5.11. The maximum atomic E-state index is 13.3. The van der Waals surface area contributed by atoms with Crippen molar-refractivity contribution < 1.29 is 9.50 Å². The molecule has 0 aromatic heterocycles. The molecule has 106 valence electrons. The van der Waals surface area contributed by atoms with Gasteiger partial charge in [-0.15, -0.1) is 0 Å². The first-order valence-electron chi connectivity index (χ1n) is 6.58. The van der Waals surface area contributed by atoms with E-state index in [-0.39, 0.29) is 5.82 Å². The predicted molar refractivity (Wildman–Crippen MR) is 83.4 cm³/mol. The van der Waals surface area contributed by atoms with Gasteiger partial charge in [0.2, 0.25) is 0 Å². The molecule has 0 amide bonds. The Morgan fingerprint density at radius 1 is 1.05 bits per heavy atom. The number of aliphatic hydroxyl groups excluding tert-OH is 1. The van der Waals surface area contributed by atoms with Crippen LogP contribution in [0.2, 0.25) is 0 Å². The zero-order valence-electron chi connectivity index (χ0n) is 11.9. The molecule has 1 nitrogen and oxygen atoms in total. The second-order valence-electron chi connectivity index (χ2n) is 5.25. The maximum Gasteiger partial charge on any atom is 0.123 e. The van der Waals surface area contributed by atoms with E-state index in [1.807, 2.05) is 19.9 Å². The van der Waals surface area contributed by atoms with Crippen LogP contribution >= 0.6 is 15.9 Å². The highest BCUT2D eigenvalue weighted by molar-refractivity contribution is 9.10. The van der Waals surface area contributed by atoms with E-state index in [9.17, 15) is 9.50 Å². The molecule has 3 heteroatoms. The van der Waals surface area contributed by atoms with E-state index < -0.39 is 6.10 Å². The van der Waals surface area contributed by atoms with Gasteiger partial charge in [0.1, 0.15) is 5.82 Å². The van der Waals surface area contributed by atoms with E-state index in [4.69, 9.17) is 0 Å². The van der Waals surface area contributed by atoms with Crippen molar-refractivity contribution in [3.05, 3.63) is 68.4 Å². The third-order valence-electron chi connectivity index (χ3n) is 3.66. The van der Waals surface area contributed by atoms with Crippen LogP contribution in [0.3, 0.4) is 0 Å². The maximum absolute atomic E-state index is 13.3. The molecule has 0 aliphatic heterocycles. The molecule has 1 N–H and O–H groups in total. The predicted octanol–water partition coefficient (Wildman–Crippen LogP) is 4.79. The molecule has 0 spiro atoms. The Hall–Kier alpha value is -1.19. The zero-order chi connectivity index (χ0) is 14.9. The third kappa shape index (κ3) is 3.28. The minimum absolute atomic E-state index is 0.285. The molecule has 1 atom stereocenters. The van der Waals surface area contributed by atoms with Crippen LogP contribution in [0.5, 0.6) is 0 Å². The monoisotopic (exact) mass is 336 g/mol. The largest absolute Gasteiger partial charge is 0.388 e. The first kappa shape index (κ1) is 15.2. The van der Waals surface area contributed by atoms with Crippen molar-refractivity contribution in [3.8, 4) is 0 Å². The molecule has 0 fully saturated rings. The van der Waals surface area contributed by atoms with Crippen LogP contribution in [0, 0.1) is 26.6 Å². The SMILES string of the molecule is Cc1cc(C)c(C(O)Cc2cc(F)ccc2Br)cc1C. The quantitative estimate of drug-likeness (QED) is 0.854. The highest BCUT2D eigenvalue weighted by atomic mass is 79.9. The van der Waals surface area contributed by atoms with Crippen molar-refractivity contribution >= 4 is 15.9 Å². The number of halogens is 2. The average molecular weight is 337 g/mol. The standard InChI is InChI=1S/C17H18BrFO/c1-10-6-12(3)15(7-11(10)2)17(20)9-13-8-14(19)4-5-16(13)18/h4-8,17,20H,9H2,1-3H3. The lowest BCUT2D eigenvalue weighted by Crippen LogP contribution is -2.06. The lowest BCUT2D eigenvalue weighted by atomic mass is 9.94. The summed E-state index contributed by atoms with van der Waals surface area (Å²) in [4.78, 5) is 0. The minimum atomic E-state index is -0.632. The minimum Gasteiger partial charge on any atom is -0.388 e. The molecule has 1 unspecified atom stereocenters. The number of hydrogen-bond acceptors (Lipinski definition) is 1. The fourth-order valence-electron chi connectivity index (χ4n) is 2.36. The molecule has 20 heavy (non-hydrogen) atoms. The van der Waals surface area contributed by atoms with Gasteiger partial charge in [-0.3, -0.25) is 0 Å². The van der Waals surface area contributed by atoms with Gasteiger partial charge in [-0.05, 0) is 66.8 Å². The van der Waals surface area contributed by atoms with Gasteiger partial charge in [0, 0.05) is 10.9 Å². The van der Waals surface area contributed by atoms with Crippen LogP contribution < -0.4 is 0 Å². The highest BCUT2D eigenvalue weighted by Crippen LogP contribution is 2.27. The molecular weight excluding hydrogens is 319 g/mol. The summed E-state index contributed by atoms with van der Waals surface area (Å²) in [6.07, 6.45) is -0.241. The second kappa shape index (κ2) is 6.06. The molecule has 0 radical (unpaired) electrons. The molecular formula is C17H18BrFO. The van der Waals surface area contributed by atoms with Crippen molar-refractivity contribution in [3.63, 3.8) is 0 Å². The van der Waals surface area contributed by atoms with Crippen molar-refractivity contribution in [2.75, 3.05) is 0 Å². The van der Waals surface area contributed by atoms with E-state index >= 15 is 0 Å². The lowest BCUT2D eigenvalue weighted by Gasteiger charge is -2.17. The van der Waals surface area contributed by atoms with Crippen molar-refractivity contribution in [1.29, 1.82) is 0 Å². The molecule has 0 bridgehead atoms. The molecule has 0 saturated carbocycles. The number of aliphatic hydroxyl groups is 1. The van der Waals surface area contributed by atoms with Gasteiger partial charge in [-0.25, -0.2) is 4.39 Å². The molecule has 0 saturated heterocycles. The van der Waals surface area contributed by atoms with Crippen molar-refractivity contribution in [1.82, 2.24) is 0 Å². The normalized spacial score (nSPS) is 12.5. The molecule has 0 aliphatic rings. The van der Waals surface area contributed by atoms with Gasteiger partial charge < -0.3 is 5.11 Å². The summed E-state index contributed by atoms with van der Waals surface area (Å²) >= 11 is 3.40. The van der Waals surface area contributed by atoms with Crippen LogP contribution in [0.4, 0.5) is 4.39 Å². The Kier molecular flexibility index (Phi) is 4.61. The second-order valence-corrected chi connectivity index (χ2v) is 6.10. The van der Waals surface area contributed by atoms with Crippen LogP contribution in [0.15, 0.2) is 34.8 Å². The lowest BCUT2D eigenvalue weighted by molar-refractivity contribution is 0.177. The van der Waals surface area contributed by atoms with Crippen molar-refractivity contribution in [2.45, 2.75) is 33.3 Å². The highest BCUT2D eigenvalue weighted by Gasteiger charge is 2.14. The van der Waals surface area contributed by atoms with Gasteiger partial charge in [-0.2, -0.15) is 0 Å². The molecule has 0 heterocycles. The summed E-state index contributed by atoms with van der Waals surface area (Å²) < 4.78 is 14.1. The van der Waals surface area contributed by atoms with Crippen LogP contribution in [-0.2, 0) is 6.42 Å².